The SMILES string of the molecule is COc1ccccc1OCCN1CC(CN)OC(C)(C)C1. The summed E-state index contributed by atoms with van der Waals surface area (Å²) in [5.41, 5.74) is 5.58. The zero-order valence-electron chi connectivity index (χ0n) is 13.2. The topological polar surface area (TPSA) is 57.0 Å². The molecule has 1 aromatic carbocycles. The average Bonchev–Trinajstić information content (AvgIpc) is 2.46. The fourth-order valence-corrected chi connectivity index (χ4v) is 2.73. The molecule has 2 N–H and O–H groups in total. The molecule has 2 rings (SSSR count). The van der Waals surface area contributed by atoms with Gasteiger partial charge in [-0.25, -0.2) is 0 Å². The van der Waals surface area contributed by atoms with E-state index in [0.29, 0.717) is 13.2 Å². The summed E-state index contributed by atoms with van der Waals surface area (Å²) < 4.78 is 17.0. The zero-order chi connectivity index (χ0) is 15.3. The van der Waals surface area contributed by atoms with Gasteiger partial charge in [-0.2, -0.15) is 0 Å². The van der Waals surface area contributed by atoms with Crippen molar-refractivity contribution < 1.29 is 14.2 Å². The number of nitrogens with two attached hydrogens (primary N) is 1. The van der Waals surface area contributed by atoms with Crippen LogP contribution < -0.4 is 15.2 Å². The monoisotopic (exact) mass is 294 g/mol. The number of hydrogen-bond acceptors (Lipinski definition) is 5. The highest BCUT2D eigenvalue weighted by atomic mass is 16.5. The Bertz CT molecular complexity index is 451. The van der Waals surface area contributed by atoms with Crippen LogP contribution in [-0.2, 0) is 4.74 Å². The lowest BCUT2D eigenvalue weighted by Gasteiger charge is -2.42. The first-order valence-electron chi connectivity index (χ1n) is 7.40. The van der Waals surface area contributed by atoms with Crippen molar-refractivity contribution in [3.8, 4) is 11.5 Å². The van der Waals surface area contributed by atoms with E-state index in [1.54, 1.807) is 7.11 Å². The van der Waals surface area contributed by atoms with E-state index >= 15 is 0 Å². The van der Waals surface area contributed by atoms with Crippen molar-refractivity contribution in [1.82, 2.24) is 4.90 Å². The first-order chi connectivity index (χ1) is 10.0. The van der Waals surface area contributed by atoms with E-state index in [2.05, 4.69) is 18.7 Å². The summed E-state index contributed by atoms with van der Waals surface area (Å²) in [7, 11) is 1.65. The van der Waals surface area contributed by atoms with Gasteiger partial charge in [0, 0.05) is 26.2 Å². The molecular weight excluding hydrogens is 268 g/mol. The smallest absolute Gasteiger partial charge is 0.161 e. The van der Waals surface area contributed by atoms with Crippen molar-refractivity contribution in [1.29, 1.82) is 0 Å². The number of nitrogens with zero attached hydrogens (tertiary/aromatic N) is 1. The molecule has 1 unspecified atom stereocenters. The fourth-order valence-electron chi connectivity index (χ4n) is 2.73. The molecule has 0 radical (unpaired) electrons. The number of ether oxygens (including phenoxy) is 3. The lowest BCUT2D eigenvalue weighted by atomic mass is 10.1. The van der Waals surface area contributed by atoms with Crippen molar-refractivity contribution in [3.05, 3.63) is 24.3 Å². The van der Waals surface area contributed by atoms with E-state index in [4.69, 9.17) is 19.9 Å². The summed E-state index contributed by atoms with van der Waals surface area (Å²) >= 11 is 0. The Hall–Kier alpha value is -1.30. The maximum absolute atomic E-state index is 5.93. The molecule has 0 aromatic heterocycles. The lowest BCUT2D eigenvalue weighted by molar-refractivity contribution is -0.132. The molecule has 5 nitrogen and oxygen atoms in total. The van der Waals surface area contributed by atoms with E-state index in [9.17, 15) is 0 Å². The minimum atomic E-state index is -0.160. The lowest BCUT2D eigenvalue weighted by Crippen LogP contribution is -2.55. The van der Waals surface area contributed by atoms with Gasteiger partial charge in [0.05, 0.1) is 18.8 Å². The van der Waals surface area contributed by atoms with Crippen LogP contribution in [0.1, 0.15) is 13.8 Å². The van der Waals surface area contributed by atoms with Crippen LogP contribution in [0.4, 0.5) is 0 Å². The zero-order valence-corrected chi connectivity index (χ0v) is 13.2. The van der Waals surface area contributed by atoms with Gasteiger partial charge in [0.25, 0.3) is 0 Å². The van der Waals surface area contributed by atoms with Gasteiger partial charge < -0.3 is 19.9 Å². The predicted molar refractivity (Wildman–Crippen MR) is 82.9 cm³/mol. The summed E-state index contributed by atoms with van der Waals surface area (Å²) in [6.07, 6.45) is 0.0972. The van der Waals surface area contributed by atoms with E-state index in [-0.39, 0.29) is 11.7 Å². The first kappa shape index (κ1) is 16.1. The van der Waals surface area contributed by atoms with Gasteiger partial charge >= 0.3 is 0 Å². The van der Waals surface area contributed by atoms with Gasteiger partial charge in [-0.3, -0.25) is 4.90 Å². The minimum Gasteiger partial charge on any atom is -0.493 e. The molecule has 0 aliphatic carbocycles. The van der Waals surface area contributed by atoms with Gasteiger partial charge in [0.15, 0.2) is 11.5 Å². The molecule has 5 heteroatoms. The Kier molecular flexibility index (Phi) is 5.45. The standard InChI is InChI=1S/C16H26N2O3/c1-16(2)12-18(11-13(10-17)21-16)8-9-20-15-7-5-4-6-14(15)19-3/h4-7,13H,8-12,17H2,1-3H3. The molecule has 0 spiro atoms. The highest BCUT2D eigenvalue weighted by Gasteiger charge is 2.32. The minimum absolute atomic E-state index is 0.0972. The van der Waals surface area contributed by atoms with Crippen LogP contribution >= 0.6 is 0 Å². The molecule has 1 saturated heterocycles. The number of methoxy groups -OCH3 is 1. The summed E-state index contributed by atoms with van der Waals surface area (Å²) in [6, 6.07) is 7.70. The van der Waals surface area contributed by atoms with Crippen LogP contribution in [-0.4, -0.2) is 56.5 Å². The van der Waals surface area contributed by atoms with Gasteiger partial charge in [-0.1, -0.05) is 12.1 Å². The van der Waals surface area contributed by atoms with Crippen LogP contribution in [0.15, 0.2) is 24.3 Å². The fraction of sp³-hybridized carbons (Fsp3) is 0.625. The van der Waals surface area contributed by atoms with Gasteiger partial charge in [-0.15, -0.1) is 0 Å². The molecular formula is C16H26N2O3. The van der Waals surface area contributed by atoms with Crippen molar-refractivity contribution in [2.75, 3.05) is 39.9 Å². The van der Waals surface area contributed by atoms with Crippen molar-refractivity contribution in [3.63, 3.8) is 0 Å². The number of morpholine rings is 1. The molecule has 1 fully saturated rings. The molecule has 118 valence electrons. The van der Waals surface area contributed by atoms with Gasteiger partial charge in [0.1, 0.15) is 6.61 Å². The van der Waals surface area contributed by atoms with E-state index in [0.717, 1.165) is 31.1 Å². The number of benzene rings is 1. The van der Waals surface area contributed by atoms with Crippen LogP contribution in [0.2, 0.25) is 0 Å². The highest BCUT2D eigenvalue weighted by molar-refractivity contribution is 5.39. The first-order valence-corrected chi connectivity index (χ1v) is 7.40. The van der Waals surface area contributed by atoms with Crippen molar-refractivity contribution >= 4 is 0 Å². The largest absolute Gasteiger partial charge is 0.493 e. The van der Waals surface area contributed by atoms with Crippen LogP contribution in [0, 0.1) is 0 Å². The molecule has 1 atom stereocenters. The third-order valence-electron chi connectivity index (χ3n) is 3.55. The maximum Gasteiger partial charge on any atom is 0.161 e. The normalized spacial score (nSPS) is 22.0. The second-order valence-electron chi connectivity index (χ2n) is 5.97. The van der Waals surface area contributed by atoms with E-state index < -0.39 is 0 Å². The highest BCUT2D eigenvalue weighted by Crippen LogP contribution is 2.26. The van der Waals surface area contributed by atoms with Crippen LogP contribution in [0.25, 0.3) is 0 Å². The Balaban J connectivity index is 1.85. The Morgan fingerprint density at radius 2 is 2.05 bits per heavy atom. The van der Waals surface area contributed by atoms with Crippen LogP contribution in [0.3, 0.4) is 0 Å². The van der Waals surface area contributed by atoms with Crippen LogP contribution in [0.5, 0.6) is 11.5 Å². The molecule has 1 heterocycles. The second-order valence-corrected chi connectivity index (χ2v) is 5.97. The van der Waals surface area contributed by atoms with Gasteiger partial charge in [-0.05, 0) is 26.0 Å². The molecule has 0 bridgehead atoms. The summed E-state index contributed by atoms with van der Waals surface area (Å²) in [6.45, 7) is 7.96. The average molecular weight is 294 g/mol. The Morgan fingerprint density at radius 3 is 2.71 bits per heavy atom. The maximum atomic E-state index is 5.93. The molecule has 0 saturated carbocycles. The predicted octanol–water partition coefficient (Wildman–Crippen LogP) is 1.51. The van der Waals surface area contributed by atoms with Crippen molar-refractivity contribution in [2.24, 2.45) is 5.73 Å². The van der Waals surface area contributed by atoms with Crippen molar-refractivity contribution in [2.45, 2.75) is 25.6 Å². The second kappa shape index (κ2) is 7.11. The van der Waals surface area contributed by atoms with E-state index in [1.807, 2.05) is 24.3 Å². The van der Waals surface area contributed by atoms with Gasteiger partial charge in [0.2, 0.25) is 0 Å². The molecule has 1 aliphatic heterocycles. The number of rotatable bonds is 6. The summed E-state index contributed by atoms with van der Waals surface area (Å²) in [5.74, 6) is 1.54. The number of hydrogen-bond donors (Lipinski definition) is 1. The third kappa shape index (κ3) is 4.59. The summed E-state index contributed by atoms with van der Waals surface area (Å²) in [4.78, 5) is 2.34. The number of para-hydroxylation sites is 2. The quantitative estimate of drug-likeness (QED) is 0.862. The molecule has 1 aliphatic rings. The summed E-state index contributed by atoms with van der Waals surface area (Å²) in [5, 5.41) is 0. The molecule has 0 amide bonds. The van der Waals surface area contributed by atoms with E-state index in [1.165, 1.54) is 0 Å². The Labute approximate surface area is 127 Å². The molecule has 21 heavy (non-hydrogen) atoms. The third-order valence-corrected chi connectivity index (χ3v) is 3.55. The molecule has 1 aromatic rings. The Morgan fingerprint density at radius 1 is 1.33 bits per heavy atom.